The molecule has 5 rings (SSSR count). The quantitative estimate of drug-likeness (QED) is 0.456. The molecule has 7 heteroatoms. The lowest BCUT2D eigenvalue weighted by molar-refractivity contribution is 0.102. The maximum Gasteiger partial charge on any atom is 0.262 e. The summed E-state index contributed by atoms with van der Waals surface area (Å²) in [4.78, 5) is 13.2. The summed E-state index contributed by atoms with van der Waals surface area (Å²) in [5.74, 6) is 1.25. The highest BCUT2D eigenvalue weighted by molar-refractivity contribution is 6.05. The Bertz CT molecular complexity index is 1240. The Morgan fingerprint density at radius 2 is 1.61 bits per heavy atom. The third-order valence-corrected chi connectivity index (χ3v) is 5.18. The third kappa shape index (κ3) is 4.98. The number of nitrogens with zero attached hydrogens (tertiary/aromatic N) is 2. The van der Waals surface area contributed by atoms with Gasteiger partial charge in [-0.1, -0.05) is 60.7 Å². The number of carbonyl (C=O) groups is 1. The second kappa shape index (κ2) is 9.48. The molecule has 0 saturated heterocycles. The number of fused-ring (bicyclic) bond motifs is 1. The second-order valence-electron chi connectivity index (χ2n) is 7.62. The fourth-order valence-corrected chi connectivity index (χ4v) is 3.56. The summed E-state index contributed by atoms with van der Waals surface area (Å²) in [7, 11) is 0. The molecule has 4 aromatic rings. The van der Waals surface area contributed by atoms with Crippen molar-refractivity contribution in [3.63, 3.8) is 0 Å². The number of ether oxygens (including phenoxy) is 3. The van der Waals surface area contributed by atoms with Crippen molar-refractivity contribution in [2.75, 3.05) is 18.5 Å². The van der Waals surface area contributed by atoms with Crippen LogP contribution in [0.25, 0.3) is 0 Å². The van der Waals surface area contributed by atoms with E-state index in [0.717, 1.165) is 11.1 Å². The average Bonchev–Trinajstić information content (AvgIpc) is 3.26. The molecule has 1 aliphatic rings. The Kier molecular flexibility index (Phi) is 5.93. The smallest absolute Gasteiger partial charge is 0.262 e. The van der Waals surface area contributed by atoms with Gasteiger partial charge in [-0.05, 0) is 23.3 Å². The van der Waals surface area contributed by atoms with Crippen LogP contribution in [-0.2, 0) is 13.2 Å². The van der Waals surface area contributed by atoms with E-state index in [1.807, 2.05) is 60.7 Å². The van der Waals surface area contributed by atoms with E-state index in [2.05, 4.69) is 10.4 Å². The van der Waals surface area contributed by atoms with Crippen LogP contribution in [0.3, 0.4) is 0 Å². The van der Waals surface area contributed by atoms with Gasteiger partial charge in [0.25, 0.3) is 5.91 Å². The molecular weight excluding hydrogens is 418 g/mol. The molecule has 1 aromatic heterocycles. The monoisotopic (exact) mass is 441 g/mol. The molecule has 0 radical (unpaired) electrons. The minimum atomic E-state index is -0.311. The van der Waals surface area contributed by atoms with Gasteiger partial charge in [0.15, 0.2) is 11.5 Å². The molecule has 0 bridgehead atoms. The van der Waals surface area contributed by atoms with Gasteiger partial charge in [0, 0.05) is 18.0 Å². The summed E-state index contributed by atoms with van der Waals surface area (Å²) in [5, 5.41) is 7.46. The van der Waals surface area contributed by atoms with E-state index in [4.69, 9.17) is 14.2 Å². The van der Waals surface area contributed by atoms with E-state index in [1.165, 1.54) is 0 Å². The van der Waals surface area contributed by atoms with Crippen molar-refractivity contribution in [1.29, 1.82) is 0 Å². The maximum atomic E-state index is 13.2. The minimum Gasteiger partial charge on any atom is -0.486 e. The van der Waals surface area contributed by atoms with Gasteiger partial charge in [0.2, 0.25) is 5.88 Å². The number of hydrogen-bond acceptors (Lipinski definition) is 5. The van der Waals surface area contributed by atoms with Crippen molar-refractivity contribution >= 4 is 11.6 Å². The normalized spacial score (nSPS) is 12.2. The topological polar surface area (TPSA) is 74.6 Å². The van der Waals surface area contributed by atoms with Gasteiger partial charge in [-0.15, -0.1) is 5.10 Å². The fourth-order valence-electron chi connectivity index (χ4n) is 3.56. The first kappa shape index (κ1) is 20.6. The summed E-state index contributed by atoms with van der Waals surface area (Å²) >= 11 is 0. The van der Waals surface area contributed by atoms with E-state index in [0.29, 0.717) is 49.1 Å². The van der Waals surface area contributed by atoms with Crippen LogP contribution < -0.4 is 19.5 Å². The Morgan fingerprint density at radius 1 is 0.909 bits per heavy atom. The van der Waals surface area contributed by atoms with Crippen molar-refractivity contribution < 1.29 is 19.0 Å². The SMILES string of the molecule is O=C(Nc1ccc2c(c1)OCCO2)c1cn(Cc2ccccc2)nc1OCc1ccccc1. The van der Waals surface area contributed by atoms with Gasteiger partial charge in [0.1, 0.15) is 25.4 Å². The average molecular weight is 441 g/mol. The number of anilines is 1. The van der Waals surface area contributed by atoms with Gasteiger partial charge in [0.05, 0.1) is 6.54 Å². The second-order valence-corrected chi connectivity index (χ2v) is 7.62. The molecule has 0 atom stereocenters. The molecule has 0 unspecified atom stereocenters. The molecule has 166 valence electrons. The predicted octanol–water partition coefficient (Wildman–Crippen LogP) is 4.53. The molecule has 3 aromatic carbocycles. The van der Waals surface area contributed by atoms with E-state index in [-0.39, 0.29) is 11.8 Å². The largest absolute Gasteiger partial charge is 0.486 e. The van der Waals surface area contributed by atoms with E-state index < -0.39 is 0 Å². The number of nitrogens with one attached hydrogen (secondary N) is 1. The van der Waals surface area contributed by atoms with E-state index in [1.54, 1.807) is 29.1 Å². The zero-order chi connectivity index (χ0) is 22.5. The summed E-state index contributed by atoms with van der Waals surface area (Å²) < 4.78 is 18.8. The first-order chi connectivity index (χ1) is 16.2. The lowest BCUT2D eigenvalue weighted by Gasteiger charge is -2.19. The van der Waals surface area contributed by atoms with Crippen molar-refractivity contribution in [3.8, 4) is 17.4 Å². The highest BCUT2D eigenvalue weighted by Gasteiger charge is 2.20. The maximum absolute atomic E-state index is 13.2. The highest BCUT2D eigenvalue weighted by Crippen LogP contribution is 2.33. The van der Waals surface area contributed by atoms with E-state index in [9.17, 15) is 4.79 Å². The Balaban J connectivity index is 1.38. The number of benzene rings is 3. The zero-order valence-corrected chi connectivity index (χ0v) is 17.9. The third-order valence-electron chi connectivity index (χ3n) is 5.18. The highest BCUT2D eigenvalue weighted by atomic mass is 16.6. The summed E-state index contributed by atoms with van der Waals surface area (Å²) in [6.07, 6.45) is 1.71. The minimum absolute atomic E-state index is 0.282. The zero-order valence-electron chi connectivity index (χ0n) is 17.9. The molecule has 0 spiro atoms. The molecule has 0 saturated carbocycles. The lowest BCUT2D eigenvalue weighted by Crippen LogP contribution is -2.16. The molecule has 1 N–H and O–H groups in total. The number of carbonyl (C=O) groups excluding carboxylic acids is 1. The number of amides is 1. The fraction of sp³-hybridized carbons (Fsp3) is 0.154. The summed E-state index contributed by atoms with van der Waals surface area (Å²) in [5.41, 5.74) is 3.03. The van der Waals surface area contributed by atoms with Crippen LogP contribution in [0.15, 0.2) is 85.1 Å². The molecule has 0 aliphatic carbocycles. The first-order valence-corrected chi connectivity index (χ1v) is 10.7. The molecule has 2 heterocycles. The van der Waals surface area contributed by atoms with Crippen LogP contribution in [0.1, 0.15) is 21.5 Å². The van der Waals surface area contributed by atoms with Crippen LogP contribution >= 0.6 is 0 Å². The van der Waals surface area contributed by atoms with Crippen molar-refractivity contribution in [2.45, 2.75) is 13.2 Å². The molecule has 1 amide bonds. The van der Waals surface area contributed by atoms with Gasteiger partial charge >= 0.3 is 0 Å². The Hall–Kier alpha value is -4.26. The molecule has 0 fully saturated rings. The van der Waals surface area contributed by atoms with Crippen molar-refractivity contribution in [2.24, 2.45) is 0 Å². The first-order valence-electron chi connectivity index (χ1n) is 10.7. The van der Waals surface area contributed by atoms with E-state index >= 15 is 0 Å². The number of hydrogen-bond donors (Lipinski definition) is 1. The molecule has 1 aliphatic heterocycles. The summed E-state index contributed by atoms with van der Waals surface area (Å²) in [6.45, 7) is 1.84. The van der Waals surface area contributed by atoms with Crippen LogP contribution in [0, 0.1) is 0 Å². The van der Waals surface area contributed by atoms with Crippen LogP contribution in [-0.4, -0.2) is 28.9 Å². The van der Waals surface area contributed by atoms with Crippen LogP contribution in [0.5, 0.6) is 17.4 Å². The van der Waals surface area contributed by atoms with Crippen LogP contribution in [0.2, 0.25) is 0 Å². The molecular formula is C26H23N3O4. The van der Waals surface area contributed by atoms with Gasteiger partial charge < -0.3 is 19.5 Å². The molecule has 7 nitrogen and oxygen atoms in total. The van der Waals surface area contributed by atoms with Gasteiger partial charge in [-0.25, -0.2) is 0 Å². The number of rotatable bonds is 7. The van der Waals surface area contributed by atoms with Crippen molar-refractivity contribution in [3.05, 3.63) is 102 Å². The standard InChI is InChI=1S/C26H23N3O4/c30-25(27-21-11-12-23-24(15-21)32-14-13-31-23)22-17-29(16-19-7-3-1-4-8-19)28-26(22)33-18-20-9-5-2-6-10-20/h1-12,15,17H,13-14,16,18H2,(H,27,30). The number of aromatic nitrogens is 2. The lowest BCUT2D eigenvalue weighted by atomic mass is 10.2. The summed E-state index contributed by atoms with van der Waals surface area (Å²) in [6, 6.07) is 25.0. The van der Waals surface area contributed by atoms with Crippen molar-refractivity contribution in [1.82, 2.24) is 9.78 Å². The predicted molar refractivity (Wildman–Crippen MR) is 124 cm³/mol. The Morgan fingerprint density at radius 3 is 2.36 bits per heavy atom. The van der Waals surface area contributed by atoms with Gasteiger partial charge in [-0.3, -0.25) is 9.48 Å². The Labute approximate surface area is 191 Å². The van der Waals surface area contributed by atoms with Gasteiger partial charge in [-0.2, -0.15) is 0 Å². The molecule has 33 heavy (non-hydrogen) atoms. The van der Waals surface area contributed by atoms with Crippen LogP contribution in [0.4, 0.5) is 5.69 Å².